The predicted molar refractivity (Wildman–Crippen MR) is 93.2 cm³/mol. The Bertz CT molecular complexity index is 682. The topological polar surface area (TPSA) is 92.7 Å². The average molecular weight is 345 g/mol. The van der Waals surface area contributed by atoms with E-state index in [2.05, 4.69) is 5.32 Å². The Morgan fingerprint density at radius 2 is 1.92 bits per heavy atom. The van der Waals surface area contributed by atoms with Crippen molar-refractivity contribution in [3.05, 3.63) is 42.0 Å². The molecule has 6 nitrogen and oxygen atoms in total. The molecule has 0 saturated heterocycles. The zero-order valence-electron chi connectivity index (χ0n) is 14.4. The molecule has 0 fully saturated rings. The van der Waals surface area contributed by atoms with Crippen LogP contribution in [-0.2, 0) is 14.3 Å². The second-order valence-electron chi connectivity index (χ2n) is 6.19. The monoisotopic (exact) mass is 345 g/mol. The normalized spacial score (nSPS) is 20.6. The average Bonchev–Trinajstić information content (AvgIpc) is 2.61. The summed E-state index contributed by atoms with van der Waals surface area (Å²) in [7, 11) is 0. The molecule has 134 valence electrons. The van der Waals surface area contributed by atoms with Crippen LogP contribution in [0.1, 0.15) is 43.5 Å². The summed E-state index contributed by atoms with van der Waals surface area (Å²) in [5, 5.41) is 11.7. The molecular formula is C19H23NO5. The third kappa shape index (κ3) is 4.92. The number of amides is 1. The lowest BCUT2D eigenvalue weighted by Crippen LogP contribution is -2.36. The molecule has 0 spiro atoms. The molecule has 0 saturated carbocycles. The van der Waals surface area contributed by atoms with E-state index >= 15 is 0 Å². The quantitative estimate of drug-likeness (QED) is 0.610. The highest BCUT2D eigenvalue weighted by atomic mass is 16.5. The van der Waals surface area contributed by atoms with Gasteiger partial charge >= 0.3 is 11.9 Å². The van der Waals surface area contributed by atoms with Crippen molar-refractivity contribution in [3.63, 3.8) is 0 Å². The van der Waals surface area contributed by atoms with Crippen molar-refractivity contribution < 1.29 is 24.2 Å². The summed E-state index contributed by atoms with van der Waals surface area (Å²) in [5.74, 6) is -2.79. The van der Waals surface area contributed by atoms with Crippen LogP contribution in [0.2, 0.25) is 0 Å². The maximum Gasteiger partial charge on any atom is 0.335 e. The Balaban J connectivity index is 2.10. The number of aromatic carboxylic acids is 1. The van der Waals surface area contributed by atoms with E-state index in [0.29, 0.717) is 24.9 Å². The van der Waals surface area contributed by atoms with E-state index in [0.717, 1.165) is 0 Å². The highest BCUT2D eigenvalue weighted by Gasteiger charge is 2.35. The largest absolute Gasteiger partial charge is 0.478 e. The second-order valence-corrected chi connectivity index (χ2v) is 6.19. The van der Waals surface area contributed by atoms with Gasteiger partial charge in [-0.3, -0.25) is 9.59 Å². The number of anilines is 1. The summed E-state index contributed by atoms with van der Waals surface area (Å²) in [6, 6.07) is 6.03. The van der Waals surface area contributed by atoms with Gasteiger partial charge in [-0.15, -0.1) is 0 Å². The van der Waals surface area contributed by atoms with Gasteiger partial charge in [-0.05, 0) is 44.4 Å². The Morgan fingerprint density at radius 3 is 2.56 bits per heavy atom. The van der Waals surface area contributed by atoms with Crippen LogP contribution in [-0.4, -0.2) is 29.1 Å². The van der Waals surface area contributed by atoms with Gasteiger partial charge in [0.1, 0.15) is 0 Å². The summed E-state index contributed by atoms with van der Waals surface area (Å²) in [6.45, 7) is 3.75. The number of hydrogen-bond donors (Lipinski definition) is 2. The van der Waals surface area contributed by atoms with Gasteiger partial charge in [0.05, 0.1) is 23.5 Å². The molecule has 25 heavy (non-hydrogen) atoms. The van der Waals surface area contributed by atoms with E-state index in [4.69, 9.17) is 9.84 Å². The lowest BCUT2D eigenvalue weighted by atomic mass is 9.82. The van der Waals surface area contributed by atoms with Crippen LogP contribution in [0.3, 0.4) is 0 Å². The van der Waals surface area contributed by atoms with Gasteiger partial charge in [-0.2, -0.15) is 0 Å². The summed E-state index contributed by atoms with van der Waals surface area (Å²) < 4.78 is 5.39. The van der Waals surface area contributed by atoms with Crippen LogP contribution in [0.15, 0.2) is 36.4 Å². The van der Waals surface area contributed by atoms with Gasteiger partial charge in [-0.1, -0.05) is 25.1 Å². The van der Waals surface area contributed by atoms with Crippen molar-refractivity contribution in [2.45, 2.75) is 39.2 Å². The summed E-state index contributed by atoms with van der Waals surface area (Å²) in [4.78, 5) is 36.0. The zero-order valence-corrected chi connectivity index (χ0v) is 14.4. The number of allylic oxidation sites excluding steroid dienone is 2. The summed E-state index contributed by atoms with van der Waals surface area (Å²) >= 11 is 0. The molecule has 6 heteroatoms. The van der Waals surface area contributed by atoms with Crippen LogP contribution in [0, 0.1) is 11.8 Å². The van der Waals surface area contributed by atoms with Crippen molar-refractivity contribution in [2.75, 3.05) is 5.32 Å². The predicted octanol–water partition coefficient (Wildman–Crippen LogP) is 3.25. The molecule has 3 atom stereocenters. The maximum absolute atomic E-state index is 12.6. The number of carboxylic acid groups (broad SMARTS) is 1. The number of esters is 1. The van der Waals surface area contributed by atoms with Crippen LogP contribution in [0.25, 0.3) is 0 Å². The molecule has 0 aromatic heterocycles. The Labute approximate surface area is 146 Å². The first kappa shape index (κ1) is 18.7. The molecule has 2 N–H and O–H groups in total. The third-order valence-electron chi connectivity index (χ3n) is 4.34. The molecule has 0 aliphatic heterocycles. The van der Waals surface area contributed by atoms with Gasteiger partial charge in [0.15, 0.2) is 0 Å². The first-order valence-corrected chi connectivity index (χ1v) is 8.42. The van der Waals surface area contributed by atoms with Crippen LogP contribution in [0.4, 0.5) is 5.69 Å². The fourth-order valence-electron chi connectivity index (χ4n) is 2.70. The van der Waals surface area contributed by atoms with E-state index in [-0.39, 0.29) is 23.5 Å². The number of benzene rings is 1. The first-order valence-electron chi connectivity index (χ1n) is 8.42. The second kappa shape index (κ2) is 8.46. The van der Waals surface area contributed by atoms with E-state index in [1.165, 1.54) is 12.1 Å². The fourth-order valence-corrected chi connectivity index (χ4v) is 2.70. The molecular weight excluding hydrogens is 322 g/mol. The smallest absolute Gasteiger partial charge is 0.335 e. The van der Waals surface area contributed by atoms with E-state index < -0.39 is 17.8 Å². The minimum Gasteiger partial charge on any atom is -0.478 e. The van der Waals surface area contributed by atoms with Crippen molar-refractivity contribution >= 4 is 23.5 Å². The summed E-state index contributed by atoms with van der Waals surface area (Å²) in [5.41, 5.74) is 0.488. The van der Waals surface area contributed by atoms with Gasteiger partial charge in [0.25, 0.3) is 0 Å². The van der Waals surface area contributed by atoms with Gasteiger partial charge < -0.3 is 15.2 Å². The Morgan fingerprint density at radius 1 is 1.24 bits per heavy atom. The van der Waals surface area contributed by atoms with Crippen LogP contribution < -0.4 is 5.32 Å². The minimum absolute atomic E-state index is 0.0917. The number of carbonyl (C=O) groups excluding carboxylic acids is 2. The van der Waals surface area contributed by atoms with E-state index in [1.807, 2.05) is 26.0 Å². The third-order valence-corrected chi connectivity index (χ3v) is 4.34. The SMILES string of the molecule is CCC(C)OC(=O)C1CC=CCC1C(=O)Nc1cccc(C(=O)O)c1. The molecule has 1 aromatic carbocycles. The minimum atomic E-state index is -1.06. The first-order chi connectivity index (χ1) is 11.9. The molecule has 0 radical (unpaired) electrons. The molecule has 1 aliphatic rings. The molecule has 1 aliphatic carbocycles. The van der Waals surface area contributed by atoms with Crippen molar-refractivity contribution in [2.24, 2.45) is 11.8 Å². The lowest BCUT2D eigenvalue weighted by Gasteiger charge is -2.27. The van der Waals surface area contributed by atoms with Crippen molar-refractivity contribution in [1.29, 1.82) is 0 Å². The molecule has 3 unspecified atom stereocenters. The molecule has 0 bridgehead atoms. The molecule has 1 aromatic rings. The highest BCUT2D eigenvalue weighted by Crippen LogP contribution is 2.29. The highest BCUT2D eigenvalue weighted by molar-refractivity contribution is 5.97. The molecule has 2 rings (SSSR count). The molecule has 0 heterocycles. The standard InChI is InChI=1S/C19H23NO5/c1-3-12(2)25-19(24)16-10-5-4-9-15(16)17(21)20-14-8-6-7-13(11-14)18(22)23/h4-8,11-12,15-16H,3,9-10H2,1-2H3,(H,20,21)(H,22,23). The maximum atomic E-state index is 12.6. The van der Waals surface area contributed by atoms with Crippen molar-refractivity contribution in [3.8, 4) is 0 Å². The number of rotatable bonds is 6. The van der Waals surface area contributed by atoms with Gasteiger partial charge in [-0.25, -0.2) is 4.79 Å². The van der Waals surface area contributed by atoms with Crippen LogP contribution >= 0.6 is 0 Å². The zero-order chi connectivity index (χ0) is 18.4. The van der Waals surface area contributed by atoms with E-state index in [9.17, 15) is 14.4 Å². The Hall–Kier alpha value is -2.63. The number of carbonyl (C=O) groups is 3. The fraction of sp³-hybridized carbons (Fsp3) is 0.421. The van der Waals surface area contributed by atoms with Gasteiger partial charge in [0.2, 0.25) is 5.91 Å². The number of carboxylic acids is 1. The van der Waals surface area contributed by atoms with Crippen molar-refractivity contribution in [1.82, 2.24) is 0 Å². The van der Waals surface area contributed by atoms with Gasteiger partial charge in [0, 0.05) is 5.69 Å². The Kier molecular flexibility index (Phi) is 6.33. The summed E-state index contributed by atoms with van der Waals surface area (Å²) in [6.07, 6.45) is 5.21. The van der Waals surface area contributed by atoms with Crippen LogP contribution in [0.5, 0.6) is 0 Å². The lowest BCUT2D eigenvalue weighted by molar-refractivity contribution is -0.157. The van der Waals surface area contributed by atoms with E-state index in [1.54, 1.807) is 12.1 Å². The number of hydrogen-bond acceptors (Lipinski definition) is 4. The number of nitrogens with one attached hydrogen (secondary N) is 1. The molecule has 1 amide bonds. The number of ether oxygens (including phenoxy) is 1.